The summed E-state index contributed by atoms with van der Waals surface area (Å²) in [7, 11) is 0. The van der Waals surface area contributed by atoms with Crippen LogP contribution in [0.3, 0.4) is 0 Å². The van der Waals surface area contributed by atoms with Crippen molar-refractivity contribution in [2.45, 2.75) is 25.4 Å². The van der Waals surface area contributed by atoms with Gasteiger partial charge in [0.05, 0.1) is 28.7 Å². The van der Waals surface area contributed by atoms with E-state index in [1.165, 1.54) is 12.4 Å². The number of fused-ring (bicyclic) bond motifs is 1. The molecule has 0 spiro atoms. The van der Waals surface area contributed by atoms with Crippen molar-refractivity contribution < 1.29 is 14.7 Å². The third kappa shape index (κ3) is 3.56. The summed E-state index contributed by atoms with van der Waals surface area (Å²) in [5.41, 5.74) is -0.551. The van der Waals surface area contributed by atoms with E-state index in [0.29, 0.717) is 36.8 Å². The highest BCUT2D eigenvalue weighted by atomic mass is 16.4. The van der Waals surface area contributed by atoms with E-state index < -0.39 is 17.2 Å². The monoisotopic (exact) mass is 397 g/mol. The van der Waals surface area contributed by atoms with Crippen LogP contribution in [0, 0.1) is 0 Å². The molecule has 0 aliphatic carbocycles. The smallest absolute Gasteiger partial charge is 0.338 e. The van der Waals surface area contributed by atoms with Crippen LogP contribution in [0.2, 0.25) is 0 Å². The van der Waals surface area contributed by atoms with Crippen molar-refractivity contribution in [2.24, 2.45) is 0 Å². The number of hydrogen-bond donors (Lipinski definition) is 2. The van der Waals surface area contributed by atoms with Gasteiger partial charge < -0.3 is 15.0 Å². The second-order valence-electron chi connectivity index (χ2n) is 6.99. The van der Waals surface area contributed by atoms with Gasteiger partial charge in [-0.25, -0.2) is 9.59 Å². The Balaban J connectivity index is 1.45. The average molecular weight is 397 g/mol. The SMILES string of the molecule is O=C(O)c1cnn(C2CCN(C(=O)Cn3c(=O)[nH]c4ccccc4c3=O)CC2)c1. The molecule has 2 N–H and O–H groups in total. The number of rotatable bonds is 4. The number of aromatic amines is 1. The molecule has 29 heavy (non-hydrogen) atoms. The van der Waals surface area contributed by atoms with Crippen LogP contribution in [-0.4, -0.2) is 54.3 Å². The number of para-hydroxylation sites is 1. The highest BCUT2D eigenvalue weighted by molar-refractivity contribution is 5.86. The van der Waals surface area contributed by atoms with Gasteiger partial charge in [0.25, 0.3) is 5.56 Å². The molecule has 0 atom stereocenters. The van der Waals surface area contributed by atoms with E-state index in [0.717, 1.165) is 4.57 Å². The van der Waals surface area contributed by atoms with Crippen molar-refractivity contribution in [3.63, 3.8) is 0 Å². The Kier molecular flexibility index (Phi) is 4.75. The summed E-state index contributed by atoms with van der Waals surface area (Å²) < 4.78 is 2.53. The van der Waals surface area contributed by atoms with Crippen LogP contribution in [0.25, 0.3) is 10.9 Å². The first-order chi connectivity index (χ1) is 13.9. The molecule has 2 aromatic heterocycles. The molecule has 0 unspecified atom stereocenters. The van der Waals surface area contributed by atoms with Crippen molar-refractivity contribution in [2.75, 3.05) is 13.1 Å². The molecule has 4 rings (SSSR count). The molecule has 3 heterocycles. The Morgan fingerprint density at radius 2 is 1.90 bits per heavy atom. The lowest BCUT2D eigenvalue weighted by atomic mass is 10.1. The number of aromatic nitrogens is 4. The van der Waals surface area contributed by atoms with Gasteiger partial charge in [-0.15, -0.1) is 0 Å². The standard InChI is InChI=1S/C19H19N5O5/c25-16(11-23-17(26)14-3-1-2-4-15(14)21-19(23)29)22-7-5-13(6-8-22)24-10-12(9-20-24)18(27)28/h1-4,9-10,13H,5-8,11H2,(H,21,29)(H,27,28). The van der Waals surface area contributed by atoms with E-state index in [-0.39, 0.29) is 24.1 Å². The number of carboxylic acid groups (broad SMARTS) is 1. The fraction of sp³-hybridized carbons (Fsp3) is 0.316. The number of piperidine rings is 1. The molecule has 0 saturated carbocycles. The summed E-state index contributed by atoms with van der Waals surface area (Å²) in [6.07, 6.45) is 4.00. The van der Waals surface area contributed by atoms with E-state index in [1.807, 2.05) is 0 Å². The topological polar surface area (TPSA) is 130 Å². The molecule has 1 aliphatic heterocycles. The quantitative estimate of drug-likeness (QED) is 0.657. The van der Waals surface area contributed by atoms with Crippen LogP contribution >= 0.6 is 0 Å². The van der Waals surface area contributed by atoms with E-state index in [2.05, 4.69) is 10.1 Å². The van der Waals surface area contributed by atoms with Gasteiger partial charge in [-0.3, -0.25) is 18.8 Å². The minimum atomic E-state index is -1.03. The van der Waals surface area contributed by atoms with Crippen molar-refractivity contribution in [3.8, 4) is 0 Å². The van der Waals surface area contributed by atoms with Gasteiger partial charge >= 0.3 is 11.7 Å². The predicted octanol–water partition coefficient (Wildman–Crippen LogP) is 0.448. The van der Waals surface area contributed by atoms with Gasteiger partial charge in [-0.05, 0) is 25.0 Å². The van der Waals surface area contributed by atoms with Gasteiger partial charge in [-0.2, -0.15) is 5.10 Å². The van der Waals surface area contributed by atoms with E-state index >= 15 is 0 Å². The van der Waals surface area contributed by atoms with Gasteiger partial charge in [-0.1, -0.05) is 12.1 Å². The second kappa shape index (κ2) is 7.38. The lowest BCUT2D eigenvalue weighted by molar-refractivity contribution is -0.133. The fourth-order valence-electron chi connectivity index (χ4n) is 3.61. The summed E-state index contributed by atoms with van der Waals surface area (Å²) in [6.45, 7) is 0.548. The Bertz CT molecular complexity index is 1200. The van der Waals surface area contributed by atoms with E-state index in [9.17, 15) is 19.2 Å². The van der Waals surface area contributed by atoms with Crippen LogP contribution in [-0.2, 0) is 11.3 Å². The molecule has 1 saturated heterocycles. The number of amides is 1. The first-order valence-corrected chi connectivity index (χ1v) is 9.21. The van der Waals surface area contributed by atoms with Crippen molar-refractivity contribution in [1.29, 1.82) is 0 Å². The van der Waals surface area contributed by atoms with Gasteiger partial charge in [0.2, 0.25) is 5.91 Å². The van der Waals surface area contributed by atoms with Crippen LogP contribution in [0.1, 0.15) is 29.2 Å². The van der Waals surface area contributed by atoms with Crippen molar-refractivity contribution >= 4 is 22.8 Å². The number of hydrogen-bond acceptors (Lipinski definition) is 5. The highest BCUT2D eigenvalue weighted by Crippen LogP contribution is 2.22. The van der Waals surface area contributed by atoms with Crippen molar-refractivity contribution in [3.05, 3.63) is 63.1 Å². The summed E-state index contributed by atoms with van der Waals surface area (Å²) in [5, 5.41) is 13.4. The van der Waals surface area contributed by atoms with Gasteiger partial charge in [0, 0.05) is 19.3 Å². The van der Waals surface area contributed by atoms with Crippen LogP contribution in [0.15, 0.2) is 46.2 Å². The Hall–Kier alpha value is -3.69. The molecule has 0 bridgehead atoms. The molecular formula is C19H19N5O5. The van der Waals surface area contributed by atoms with Crippen LogP contribution in [0.4, 0.5) is 0 Å². The van der Waals surface area contributed by atoms with Gasteiger partial charge in [0.15, 0.2) is 0 Å². The lowest BCUT2D eigenvalue weighted by Crippen LogP contribution is -2.45. The molecule has 0 radical (unpaired) electrons. The van der Waals surface area contributed by atoms with Crippen molar-refractivity contribution in [1.82, 2.24) is 24.2 Å². The molecule has 1 aromatic carbocycles. The van der Waals surface area contributed by atoms with Crippen LogP contribution in [0.5, 0.6) is 0 Å². The Labute approximate surface area is 164 Å². The number of carboxylic acids is 1. The summed E-state index contributed by atoms with van der Waals surface area (Å²) in [6, 6.07) is 6.66. The van der Waals surface area contributed by atoms with Gasteiger partial charge in [0.1, 0.15) is 6.54 Å². The molecule has 1 aliphatic rings. The van der Waals surface area contributed by atoms with E-state index in [1.54, 1.807) is 33.8 Å². The number of benzene rings is 1. The molecular weight excluding hydrogens is 378 g/mol. The van der Waals surface area contributed by atoms with E-state index in [4.69, 9.17) is 5.11 Å². The number of carbonyl (C=O) groups is 2. The molecule has 10 nitrogen and oxygen atoms in total. The number of H-pyrrole nitrogens is 1. The minimum Gasteiger partial charge on any atom is -0.478 e. The normalized spacial score (nSPS) is 15.0. The third-order valence-corrected chi connectivity index (χ3v) is 5.22. The largest absolute Gasteiger partial charge is 0.478 e. The summed E-state index contributed by atoms with van der Waals surface area (Å²) in [4.78, 5) is 52.7. The second-order valence-corrected chi connectivity index (χ2v) is 6.99. The Morgan fingerprint density at radius 1 is 1.17 bits per heavy atom. The lowest BCUT2D eigenvalue weighted by Gasteiger charge is -2.32. The zero-order chi connectivity index (χ0) is 20.5. The molecule has 3 aromatic rings. The maximum atomic E-state index is 12.7. The Morgan fingerprint density at radius 3 is 2.59 bits per heavy atom. The zero-order valence-electron chi connectivity index (χ0n) is 15.4. The third-order valence-electron chi connectivity index (χ3n) is 5.22. The average Bonchev–Trinajstić information content (AvgIpc) is 3.22. The summed E-state index contributed by atoms with van der Waals surface area (Å²) in [5.74, 6) is -1.34. The number of aromatic carboxylic acids is 1. The maximum Gasteiger partial charge on any atom is 0.338 e. The zero-order valence-corrected chi connectivity index (χ0v) is 15.4. The number of nitrogens with one attached hydrogen (secondary N) is 1. The first kappa shape index (κ1) is 18.7. The molecule has 10 heteroatoms. The molecule has 1 amide bonds. The summed E-state index contributed by atoms with van der Waals surface area (Å²) >= 11 is 0. The minimum absolute atomic E-state index is 0.000978. The fourth-order valence-corrected chi connectivity index (χ4v) is 3.61. The van der Waals surface area contributed by atoms with Crippen LogP contribution < -0.4 is 11.2 Å². The predicted molar refractivity (Wildman–Crippen MR) is 103 cm³/mol. The number of carbonyl (C=O) groups excluding carboxylic acids is 1. The highest BCUT2D eigenvalue weighted by Gasteiger charge is 2.25. The first-order valence-electron chi connectivity index (χ1n) is 9.21. The number of nitrogens with zero attached hydrogens (tertiary/aromatic N) is 4. The molecule has 150 valence electrons. The maximum absolute atomic E-state index is 12.7. The molecule has 1 fully saturated rings. The number of likely N-dealkylation sites (tertiary alicyclic amines) is 1.